The molecule has 0 bridgehead atoms. The minimum atomic E-state index is -0.704. The summed E-state index contributed by atoms with van der Waals surface area (Å²) in [5.74, 6) is -0.255. The zero-order valence-electron chi connectivity index (χ0n) is 11.9. The molecule has 3 nitrogen and oxygen atoms in total. The van der Waals surface area contributed by atoms with E-state index in [9.17, 15) is 10.1 Å². The topological polar surface area (TPSA) is 52.9 Å². The van der Waals surface area contributed by atoms with Gasteiger partial charge in [-0.25, -0.2) is 0 Å². The highest BCUT2D eigenvalue weighted by Crippen LogP contribution is 2.23. The quantitative estimate of drug-likeness (QED) is 0.824. The van der Waals surface area contributed by atoms with E-state index in [1.54, 1.807) is 11.3 Å². The van der Waals surface area contributed by atoms with Crippen molar-refractivity contribution in [2.75, 3.05) is 0 Å². The summed E-state index contributed by atoms with van der Waals surface area (Å²) < 4.78 is 0. The Morgan fingerprint density at radius 2 is 2.11 bits per heavy atom. The van der Waals surface area contributed by atoms with Gasteiger partial charge in [-0.2, -0.15) is 16.6 Å². The van der Waals surface area contributed by atoms with E-state index < -0.39 is 5.54 Å². The van der Waals surface area contributed by atoms with Crippen LogP contribution in [0.25, 0.3) is 0 Å². The number of hydrogen-bond donors (Lipinski definition) is 1. The molecule has 0 fully saturated rings. The lowest BCUT2D eigenvalue weighted by Gasteiger charge is -2.28. The summed E-state index contributed by atoms with van der Waals surface area (Å²) in [6, 6.07) is 4.28. The predicted molar refractivity (Wildman–Crippen MR) is 79.0 cm³/mol. The smallest absolute Gasteiger partial charge is 0.228 e. The van der Waals surface area contributed by atoms with Crippen molar-refractivity contribution in [3.05, 3.63) is 22.4 Å². The molecular weight excluding hydrogens is 256 g/mol. The van der Waals surface area contributed by atoms with Crippen molar-refractivity contribution in [3.63, 3.8) is 0 Å². The predicted octanol–water partition coefficient (Wildman–Crippen LogP) is 3.83. The number of hydrogen-bond acceptors (Lipinski definition) is 3. The van der Waals surface area contributed by atoms with E-state index in [2.05, 4.69) is 11.4 Å². The van der Waals surface area contributed by atoms with E-state index in [1.165, 1.54) is 0 Å². The molecule has 1 unspecified atom stereocenters. The molecule has 0 aliphatic carbocycles. The molecule has 0 saturated heterocycles. The fourth-order valence-corrected chi connectivity index (χ4v) is 3.01. The zero-order chi connectivity index (χ0) is 14.3. The van der Waals surface area contributed by atoms with E-state index in [1.807, 2.05) is 37.6 Å². The summed E-state index contributed by atoms with van der Waals surface area (Å²) in [6.45, 7) is 5.96. The normalized spacial score (nSPS) is 12.7. The summed E-state index contributed by atoms with van der Waals surface area (Å²) in [6.07, 6.45) is 3.19. The van der Waals surface area contributed by atoms with Crippen molar-refractivity contribution < 1.29 is 4.79 Å². The first-order valence-electron chi connectivity index (χ1n) is 6.84. The molecule has 0 aliphatic heterocycles. The van der Waals surface area contributed by atoms with Crippen LogP contribution in [-0.4, -0.2) is 11.4 Å². The molecule has 0 aliphatic rings. The lowest BCUT2D eigenvalue weighted by molar-refractivity contribution is -0.123. The Balaban J connectivity index is 2.79. The van der Waals surface area contributed by atoms with Gasteiger partial charge in [0.05, 0.1) is 12.0 Å². The van der Waals surface area contributed by atoms with Gasteiger partial charge in [0.2, 0.25) is 5.91 Å². The van der Waals surface area contributed by atoms with Gasteiger partial charge in [-0.1, -0.05) is 26.7 Å². The molecule has 1 aromatic rings. The van der Waals surface area contributed by atoms with Gasteiger partial charge in [0, 0.05) is 0 Å². The molecule has 1 aromatic heterocycles. The summed E-state index contributed by atoms with van der Waals surface area (Å²) in [5.41, 5.74) is 0.313. The monoisotopic (exact) mass is 278 g/mol. The fourth-order valence-electron chi connectivity index (χ4n) is 2.26. The second kappa shape index (κ2) is 7.30. The molecular formula is C15H22N2OS. The fraction of sp³-hybridized carbons (Fsp3) is 0.600. The van der Waals surface area contributed by atoms with E-state index in [-0.39, 0.29) is 11.8 Å². The Labute approximate surface area is 119 Å². The van der Waals surface area contributed by atoms with Crippen LogP contribution in [-0.2, 0) is 4.79 Å². The van der Waals surface area contributed by atoms with Crippen molar-refractivity contribution in [1.82, 2.24) is 5.32 Å². The van der Waals surface area contributed by atoms with Crippen LogP contribution >= 0.6 is 11.3 Å². The first kappa shape index (κ1) is 15.7. The van der Waals surface area contributed by atoms with Crippen molar-refractivity contribution in [2.24, 2.45) is 0 Å². The maximum atomic E-state index is 12.3. The number of nitriles is 1. The van der Waals surface area contributed by atoms with Crippen LogP contribution in [0.2, 0.25) is 0 Å². The Morgan fingerprint density at radius 1 is 1.47 bits per heavy atom. The Morgan fingerprint density at radius 3 is 2.53 bits per heavy atom. The molecule has 1 N–H and O–H groups in total. The van der Waals surface area contributed by atoms with Crippen LogP contribution in [0.4, 0.5) is 0 Å². The highest BCUT2D eigenvalue weighted by Gasteiger charge is 2.31. The molecule has 4 heteroatoms. The third-order valence-electron chi connectivity index (χ3n) is 3.37. The van der Waals surface area contributed by atoms with Gasteiger partial charge in [-0.15, -0.1) is 0 Å². The number of nitrogens with zero attached hydrogens (tertiary/aromatic N) is 1. The van der Waals surface area contributed by atoms with Crippen molar-refractivity contribution >= 4 is 17.2 Å². The van der Waals surface area contributed by atoms with Crippen molar-refractivity contribution in [2.45, 2.75) is 57.9 Å². The van der Waals surface area contributed by atoms with Crippen LogP contribution in [0.5, 0.6) is 0 Å². The van der Waals surface area contributed by atoms with Gasteiger partial charge in [-0.05, 0) is 42.2 Å². The van der Waals surface area contributed by atoms with Crippen LogP contribution in [0.15, 0.2) is 16.8 Å². The molecule has 19 heavy (non-hydrogen) atoms. The van der Waals surface area contributed by atoms with Crippen LogP contribution in [0.3, 0.4) is 0 Å². The molecule has 0 radical (unpaired) electrons. The molecule has 1 amide bonds. The van der Waals surface area contributed by atoms with E-state index in [4.69, 9.17) is 0 Å². The Kier molecular flexibility index (Phi) is 6.04. The van der Waals surface area contributed by atoms with Crippen LogP contribution in [0.1, 0.15) is 57.9 Å². The molecule has 0 spiro atoms. The Hall–Kier alpha value is -1.34. The number of thiophene rings is 1. The maximum absolute atomic E-state index is 12.3. The van der Waals surface area contributed by atoms with Gasteiger partial charge in [0.1, 0.15) is 5.54 Å². The lowest BCUT2D eigenvalue weighted by atomic mass is 9.89. The second-order valence-electron chi connectivity index (χ2n) is 4.96. The minimum absolute atomic E-state index is 0.0538. The first-order valence-corrected chi connectivity index (χ1v) is 7.78. The number of carbonyl (C=O) groups excluding carboxylic acids is 1. The molecule has 0 saturated carbocycles. The number of amides is 1. The molecule has 1 heterocycles. The van der Waals surface area contributed by atoms with Gasteiger partial charge in [0.25, 0.3) is 0 Å². The van der Waals surface area contributed by atoms with Crippen LogP contribution < -0.4 is 5.32 Å². The summed E-state index contributed by atoms with van der Waals surface area (Å²) in [4.78, 5) is 12.3. The van der Waals surface area contributed by atoms with E-state index >= 15 is 0 Å². The standard InChI is InChI=1S/C15H22N2OS/c1-4-7-15(11-16,8-5-2)17-14(18)12(3)13-6-9-19-10-13/h6,9-10,12H,4-5,7-8H2,1-3H3,(H,17,18). The molecule has 1 rings (SSSR count). The largest absolute Gasteiger partial charge is 0.337 e. The highest BCUT2D eigenvalue weighted by molar-refractivity contribution is 7.08. The van der Waals surface area contributed by atoms with Crippen molar-refractivity contribution in [3.8, 4) is 6.07 Å². The highest BCUT2D eigenvalue weighted by atomic mass is 32.1. The summed E-state index contributed by atoms with van der Waals surface area (Å²) >= 11 is 1.58. The third-order valence-corrected chi connectivity index (χ3v) is 4.07. The number of carbonyl (C=O) groups is 1. The van der Waals surface area contributed by atoms with Gasteiger partial charge in [0.15, 0.2) is 0 Å². The van der Waals surface area contributed by atoms with Crippen LogP contribution in [0, 0.1) is 11.3 Å². The van der Waals surface area contributed by atoms with Crippen molar-refractivity contribution in [1.29, 1.82) is 5.26 Å². The molecule has 104 valence electrons. The summed E-state index contributed by atoms with van der Waals surface area (Å²) in [7, 11) is 0. The van der Waals surface area contributed by atoms with Gasteiger partial charge >= 0.3 is 0 Å². The number of rotatable bonds is 7. The SMILES string of the molecule is CCCC(C#N)(CCC)NC(=O)C(C)c1ccsc1. The minimum Gasteiger partial charge on any atom is -0.337 e. The second-order valence-corrected chi connectivity index (χ2v) is 5.74. The van der Waals surface area contributed by atoms with E-state index in [0.29, 0.717) is 12.8 Å². The van der Waals surface area contributed by atoms with Gasteiger partial charge < -0.3 is 5.32 Å². The number of nitrogens with one attached hydrogen (secondary N) is 1. The first-order chi connectivity index (χ1) is 9.08. The average molecular weight is 278 g/mol. The zero-order valence-corrected chi connectivity index (χ0v) is 12.7. The summed E-state index contributed by atoms with van der Waals surface area (Å²) in [5, 5.41) is 16.4. The third kappa shape index (κ3) is 4.07. The molecule has 1 atom stereocenters. The maximum Gasteiger partial charge on any atom is 0.228 e. The average Bonchev–Trinajstić information content (AvgIpc) is 2.92. The van der Waals surface area contributed by atoms with Gasteiger partial charge in [-0.3, -0.25) is 4.79 Å². The molecule has 0 aromatic carbocycles. The lowest BCUT2D eigenvalue weighted by Crippen LogP contribution is -2.48. The Bertz CT molecular complexity index is 427. The van der Waals surface area contributed by atoms with E-state index in [0.717, 1.165) is 18.4 Å².